The molecule has 1 aliphatic carbocycles. The van der Waals surface area contributed by atoms with Crippen LogP contribution in [0.15, 0.2) is 53.7 Å². The lowest BCUT2D eigenvalue weighted by Crippen LogP contribution is -2.29. The lowest BCUT2D eigenvalue weighted by atomic mass is 9.94. The van der Waals surface area contributed by atoms with E-state index < -0.39 is 6.10 Å². The van der Waals surface area contributed by atoms with Crippen LogP contribution in [0.3, 0.4) is 0 Å². The Kier molecular flexibility index (Phi) is 6.24. The van der Waals surface area contributed by atoms with E-state index in [-0.39, 0.29) is 11.6 Å². The van der Waals surface area contributed by atoms with E-state index in [1.165, 1.54) is 0 Å². The number of allylic oxidation sites excluding steroid dienone is 1. The van der Waals surface area contributed by atoms with E-state index >= 15 is 0 Å². The third-order valence-corrected chi connectivity index (χ3v) is 6.63. The second-order valence-corrected chi connectivity index (χ2v) is 8.61. The summed E-state index contributed by atoms with van der Waals surface area (Å²) in [4.78, 5) is 17.9. The molecule has 166 valence electrons. The van der Waals surface area contributed by atoms with Gasteiger partial charge in [0.15, 0.2) is 0 Å². The molecule has 2 atom stereocenters. The third kappa shape index (κ3) is 4.10. The van der Waals surface area contributed by atoms with E-state index in [0.717, 1.165) is 52.6 Å². The van der Waals surface area contributed by atoms with E-state index in [1.54, 1.807) is 30.2 Å². The fourth-order valence-electron chi connectivity index (χ4n) is 4.56. The maximum Gasteiger partial charge on any atom is 0.261 e. The molecule has 0 unspecified atom stereocenters. The molecule has 0 amide bonds. The van der Waals surface area contributed by atoms with Crippen LogP contribution >= 0.6 is 0 Å². The van der Waals surface area contributed by atoms with Crippen molar-refractivity contribution in [2.45, 2.75) is 51.7 Å². The molecule has 2 aromatic carbocycles. The van der Waals surface area contributed by atoms with Crippen LogP contribution in [0.2, 0.25) is 0 Å². The molecular formula is C26H30N4O2. The lowest BCUT2D eigenvalue weighted by Gasteiger charge is -2.19. The van der Waals surface area contributed by atoms with Crippen LogP contribution in [0.5, 0.6) is 0 Å². The number of aliphatic hydroxyl groups is 1. The van der Waals surface area contributed by atoms with Gasteiger partial charge in [-0.25, -0.2) is 4.98 Å². The number of hydrogen-bond acceptors (Lipinski definition) is 5. The quantitative estimate of drug-likeness (QED) is 0.519. The standard InChI is InChI=1S/C26H30N4O2/c1-16-17(2)25-21(26(32)30(15-29-25)23-5-4-6-24(23)31)14-20(16)13-18-7-9-19(10-8-18)22(27)11-12-28-3/h7-12,14-15,23-24,27-28,31H,4-6,13H2,1-3H3/b12-11-,27-22?/t23-,24-/m0/s1. The molecule has 6 heteroatoms. The predicted octanol–water partition coefficient (Wildman–Crippen LogP) is 3.79. The summed E-state index contributed by atoms with van der Waals surface area (Å²) < 4.78 is 1.62. The summed E-state index contributed by atoms with van der Waals surface area (Å²) in [5.41, 5.74) is 6.33. The van der Waals surface area contributed by atoms with E-state index in [1.807, 2.05) is 37.3 Å². The average Bonchev–Trinajstić information content (AvgIpc) is 3.22. The third-order valence-electron chi connectivity index (χ3n) is 6.63. The van der Waals surface area contributed by atoms with Crippen molar-refractivity contribution < 1.29 is 5.11 Å². The summed E-state index contributed by atoms with van der Waals surface area (Å²) in [6.45, 7) is 4.09. The molecule has 0 saturated heterocycles. The number of aryl methyl sites for hydroxylation is 1. The highest BCUT2D eigenvalue weighted by Gasteiger charge is 2.28. The van der Waals surface area contributed by atoms with Crippen LogP contribution in [0.1, 0.15) is 53.1 Å². The van der Waals surface area contributed by atoms with Crippen molar-refractivity contribution in [3.63, 3.8) is 0 Å². The van der Waals surface area contributed by atoms with Gasteiger partial charge in [0.05, 0.1) is 35.1 Å². The number of benzene rings is 2. The van der Waals surface area contributed by atoms with Gasteiger partial charge in [0.1, 0.15) is 0 Å². The highest BCUT2D eigenvalue weighted by Crippen LogP contribution is 2.30. The zero-order chi connectivity index (χ0) is 22.8. The van der Waals surface area contributed by atoms with Crippen LogP contribution in [0, 0.1) is 19.3 Å². The molecule has 1 saturated carbocycles. The van der Waals surface area contributed by atoms with Crippen LogP contribution in [-0.2, 0) is 6.42 Å². The lowest BCUT2D eigenvalue weighted by molar-refractivity contribution is 0.134. The van der Waals surface area contributed by atoms with Crippen molar-refractivity contribution in [2.75, 3.05) is 7.05 Å². The Labute approximate surface area is 188 Å². The van der Waals surface area contributed by atoms with Crippen LogP contribution in [0.4, 0.5) is 0 Å². The molecule has 3 N–H and O–H groups in total. The first-order chi connectivity index (χ1) is 15.4. The minimum absolute atomic E-state index is 0.0783. The molecule has 1 heterocycles. The van der Waals surface area contributed by atoms with Crippen LogP contribution in [-0.4, -0.2) is 33.5 Å². The number of nitrogens with zero attached hydrogens (tertiary/aromatic N) is 2. The van der Waals surface area contributed by atoms with Crippen molar-refractivity contribution in [3.05, 3.63) is 87.1 Å². The van der Waals surface area contributed by atoms with Gasteiger partial charge in [0.25, 0.3) is 5.56 Å². The predicted molar refractivity (Wildman–Crippen MR) is 129 cm³/mol. The number of nitrogens with one attached hydrogen (secondary N) is 2. The first-order valence-electron chi connectivity index (χ1n) is 11.1. The van der Waals surface area contributed by atoms with Gasteiger partial charge < -0.3 is 15.8 Å². The largest absolute Gasteiger partial charge is 0.394 e. The molecule has 32 heavy (non-hydrogen) atoms. The van der Waals surface area contributed by atoms with E-state index in [4.69, 9.17) is 5.41 Å². The van der Waals surface area contributed by atoms with Crippen molar-refractivity contribution in [1.82, 2.24) is 14.9 Å². The second-order valence-electron chi connectivity index (χ2n) is 8.61. The summed E-state index contributed by atoms with van der Waals surface area (Å²) in [6, 6.07) is 9.76. The summed E-state index contributed by atoms with van der Waals surface area (Å²) in [7, 11) is 1.81. The van der Waals surface area contributed by atoms with Gasteiger partial charge in [-0.3, -0.25) is 9.36 Å². The topological polar surface area (TPSA) is 91.0 Å². The molecule has 1 fully saturated rings. The van der Waals surface area contributed by atoms with Crippen molar-refractivity contribution in [1.29, 1.82) is 5.41 Å². The molecule has 1 aromatic heterocycles. The van der Waals surface area contributed by atoms with Crippen molar-refractivity contribution in [2.24, 2.45) is 0 Å². The monoisotopic (exact) mass is 430 g/mol. The molecule has 0 spiro atoms. The fourth-order valence-corrected chi connectivity index (χ4v) is 4.56. The van der Waals surface area contributed by atoms with E-state index in [0.29, 0.717) is 17.5 Å². The summed E-state index contributed by atoms with van der Waals surface area (Å²) >= 11 is 0. The molecule has 6 nitrogen and oxygen atoms in total. The van der Waals surface area contributed by atoms with Crippen molar-refractivity contribution >= 4 is 16.6 Å². The van der Waals surface area contributed by atoms with E-state index in [9.17, 15) is 9.90 Å². The first-order valence-corrected chi connectivity index (χ1v) is 11.1. The van der Waals surface area contributed by atoms with E-state index in [2.05, 4.69) is 17.2 Å². The number of aromatic nitrogens is 2. The number of aliphatic hydroxyl groups excluding tert-OH is 1. The van der Waals surface area contributed by atoms with Gasteiger partial charge in [-0.15, -0.1) is 0 Å². The Balaban J connectivity index is 1.69. The number of hydrogen-bond donors (Lipinski definition) is 3. The Morgan fingerprint density at radius 2 is 2.00 bits per heavy atom. The normalized spacial score (nSPS) is 18.5. The Bertz CT molecular complexity index is 1240. The minimum atomic E-state index is -0.488. The zero-order valence-electron chi connectivity index (χ0n) is 18.9. The maximum atomic E-state index is 13.3. The smallest absolute Gasteiger partial charge is 0.261 e. The second kappa shape index (κ2) is 9.09. The SMILES string of the molecule is CN/C=C\C(=N)c1ccc(Cc2cc3c(=O)n([C@H]4CCC[C@@H]4O)cnc3c(C)c2C)cc1. The maximum absolute atomic E-state index is 13.3. The number of rotatable bonds is 6. The van der Waals surface area contributed by atoms with Gasteiger partial charge in [0.2, 0.25) is 0 Å². The minimum Gasteiger partial charge on any atom is -0.394 e. The first kappa shape index (κ1) is 22.0. The molecule has 0 radical (unpaired) electrons. The highest BCUT2D eigenvalue weighted by molar-refractivity contribution is 6.06. The molecule has 0 aliphatic heterocycles. The van der Waals surface area contributed by atoms with Gasteiger partial charge >= 0.3 is 0 Å². The van der Waals surface area contributed by atoms with Gasteiger partial charge in [-0.1, -0.05) is 24.3 Å². The molecular weight excluding hydrogens is 400 g/mol. The average molecular weight is 431 g/mol. The van der Waals surface area contributed by atoms with Crippen LogP contribution in [0.25, 0.3) is 10.9 Å². The Hall–Kier alpha value is -3.25. The molecule has 4 rings (SSSR count). The van der Waals surface area contributed by atoms with Gasteiger partial charge in [-0.05, 0) is 85.7 Å². The van der Waals surface area contributed by atoms with Crippen molar-refractivity contribution in [3.8, 4) is 0 Å². The molecule has 0 bridgehead atoms. The number of fused-ring (bicyclic) bond motifs is 1. The zero-order valence-corrected chi connectivity index (χ0v) is 18.9. The van der Waals surface area contributed by atoms with Gasteiger partial charge in [0, 0.05) is 7.05 Å². The highest BCUT2D eigenvalue weighted by atomic mass is 16.3. The van der Waals surface area contributed by atoms with Gasteiger partial charge in [-0.2, -0.15) is 0 Å². The molecule has 1 aliphatic rings. The molecule has 3 aromatic rings. The summed E-state index contributed by atoms with van der Waals surface area (Å²) in [6.07, 6.45) is 7.73. The summed E-state index contributed by atoms with van der Waals surface area (Å²) in [5, 5.41) is 21.9. The fraction of sp³-hybridized carbons (Fsp3) is 0.346. The summed E-state index contributed by atoms with van der Waals surface area (Å²) in [5.74, 6) is 0. The Morgan fingerprint density at radius 3 is 2.66 bits per heavy atom. The Morgan fingerprint density at radius 1 is 1.25 bits per heavy atom. The van der Waals surface area contributed by atoms with Crippen LogP contribution < -0.4 is 10.9 Å².